The predicted molar refractivity (Wildman–Crippen MR) is 145 cm³/mol. The normalized spacial score (nSPS) is 24.5. The van der Waals surface area contributed by atoms with Crippen LogP contribution in [0, 0.1) is 0 Å². The van der Waals surface area contributed by atoms with E-state index in [0.29, 0.717) is 50.6 Å². The van der Waals surface area contributed by atoms with E-state index in [0.717, 1.165) is 18.4 Å². The van der Waals surface area contributed by atoms with Gasteiger partial charge in [-0.1, -0.05) is 43.7 Å². The molecule has 13 heteroatoms. The van der Waals surface area contributed by atoms with Crippen molar-refractivity contribution in [2.75, 3.05) is 26.4 Å². The summed E-state index contributed by atoms with van der Waals surface area (Å²) in [5.41, 5.74) is -3.92. The number of piperidine rings is 1. The van der Waals surface area contributed by atoms with Crippen molar-refractivity contribution in [1.82, 2.24) is 19.7 Å². The molecule has 5 rings (SSSR count). The Morgan fingerprint density at radius 3 is 2.30 bits per heavy atom. The minimum absolute atomic E-state index is 0.0167. The van der Waals surface area contributed by atoms with Crippen molar-refractivity contribution in [2.24, 2.45) is 0 Å². The third-order valence-electron chi connectivity index (χ3n) is 8.62. The van der Waals surface area contributed by atoms with E-state index in [2.05, 4.69) is 22.0 Å². The average molecular weight is 613 g/mol. The SMILES string of the molecule is CCCCOC[C@]12CC[C@@](CO[C@H](C)c3cc(C(F)(F)F)cc(C(F)(F)F)c3)(c3ccccc3)N(Cc3n[nH]c(=O)n31)C2. The molecule has 43 heavy (non-hydrogen) atoms. The maximum atomic E-state index is 13.5. The number of nitrogens with zero attached hydrogens (tertiary/aromatic N) is 3. The summed E-state index contributed by atoms with van der Waals surface area (Å²) in [5, 5.41) is 6.82. The molecule has 1 aromatic heterocycles. The quantitative estimate of drug-likeness (QED) is 0.212. The number of alkyl halides is 6. The molecule has 0 spiro atoms. The number of aromatic amines is 1. The Morgan fingerprint density at radius 2 is 1.67 bits per heavy atom. The van der Waals surface area contributed by atoms with Gasteiger partial charge < -0.3 is 9.47 Å². The molecule has 2 aromatic carbocycles. The van der Waals surface area contributed by atoms with Crippen molar-refractivity contribution < 1.29 is 35.8 Å². The molecule has 1 saturated heterocycles. The molecule has 7 nitrogen and oxygen atoms in total. The Morgan fingerprint density at radius 1 is 1.00 bits per heavy atom. The highest BCUT2D eigenvalue weighted by atomic mass is 19.4. The van der Waals surface area contributed by atoms with E-state index < -0.39 is 40.7 Å². The number of hydrogen-bond acceptors (Lipinski definition) is 5. The first-order valence-electron chi connectivity index (χ1n) is 14.3. The van der Waals surface area contributed by atoms with Crippen LogP contribution in [-0.2, 0) is 39.4 Å². The lowest BCUT2D eigenvalue weighted by molar-refractivity contribution is -0.143. The average Bonchev–Trinajstić information content (AvgIpc) is 3.35. The minimum Gasteiger partial charge on any atom is -0.379 e. The van der Waals surface area contributed by atoms with Gasteiger partial charge in [-0.3, -0.25) is 9.47 Å². The molecule has 1 N–H and O–H groups in total. The van der Waals surface area contributed by atoms with Crippen molar-refractivity contribution in [3.8, 4) is 0 Å². The fourth-order valence-corrected chi connectivity index (χ4v) is 6.25. The largest absolute Gasteiger partial charge is 0.416 e. The molecule has 0 aliphatic carbocycles. The van der Waals surface area contributed by atoms with Crippen molar-refractivity contribution in [2.45, 2.75) is 75.6 Å². The van der Waals surface area contributed by atoms with Gasteiger partial charge in [0.25, 0.3) is 0 Å². The predicted octanol–water partition coefficient (Wildman–Crippen LogP) is 6.40. The van der Waals surface area contributed by atoms with Gasteiger partial charge in [-0.15, -0.1) is 0 Å². The van der Waals surface area contributed by atoms with Gasteiger partial charge in [0.15, 0.2) is 0 Å². The molecule has 3 aromatic rings. The highest BCUT2D eigenvalue weighted by Crippen LogP contribution is 2.48. The van der Waals surface area contributed by atoms with Crippen LogP contribution >= 0.6 is 0 Å². The van der Waals surface area contributed by atoms with Crippen LogP contribution in [0.2, 0.25) is 0 Å². The Hall–Kier alpha value is -3.16. The number of fused-ring (bicyclic) bond motifs is 4. The zero-order valence-corrected chi connectivity index (χ0v) is 23.9. The van der Waals surface area contributed by atoms with Gasteiger partial charge in [0.05, 0.1) is 48.1 Å². The Balaban J connectivity index is 1.48. The van der Waals surface area contributed by atoms with Crippen molar-refractivity contribution in [3.63, 3.8) is 0 Å². The molecule has 3 heterocycles. The molecule has 2 aliphatic heterocycles. The fraction of sp³-hybridized carbons (Fsp3) is 0.533. The number of unbranched alkanes of at least 4 members (excludes halogenated alkanes) is 1. The van der Waals surface area contributed by atoms with Crippen LogP contribution in [0.4, 0.5) is 26.3 Å². The lowest BCUT2D eigenvalue weighted by Crippen LogP contribution is -2.66. The molecule has 1 fully saturated rings. The zero-order chi connectivity index (χ0) is 31.0. The number of hydrogen-bond donors (Lipinski definition) is 1. The second kappa shape index (κ2) is 11.7. The minimum atomic E-state index is -4.96. The molecule has 234 valence electrons. The molecule has 0 radical (unpaired) electrons. The van der Waals surface area contributed by atoms with Crippen molar-refractivity contribution in [1.29, 1.82) is 0 Å². The number of benzene rings is 2. The van der Waals surface area contributed by atoms with Gasteiger partial charge in [-0.25, -0.2) is 9.89 Å². The monoisotopic (exact) mass is 612 g/mol. The van der Waals surface area contributed by atoms with E-state index >= 15 is 0 Å². The standard InChI is InChI=1S/C30H34F6N4O3/c1-3-4-12-42-18-27-10-11-28(22-8-6-5-7-9-22,39(17-27)16-25-37-38-26(41)40(25)27)19-43-20(2)21-13-23(29(31,32)33)15-24(14-21)30(34,35)36/h5-9,13-15,20H,3-4,10-12,16-19H2,1-2H3,(H,38,41)/t20-,27-,28-/m1/s1. The highest BCUT2D eigenvalue weighted by molar-refractivity contribution is 5.35. The van der Waals surface area contributed by atoms with Crippen LogP contribution in [-0.4, -0.2) is 46.0 Å². The summed E-state index contributed by atoms with van der Waals surface area (Å²) in [6.07, 6.45) is -8.16. The van der Waals surface area contributed by atoms with E-state index in [1.807, 2.05) is 30.3 Å². The first kappa shape index (κ1) is 31.3. The molecule has 2 aliphatic rings. The number of H-pyrrole nitrogens is 1. The number of aromatic nitrogens is 3. The van der Waals surface area contributed by atoms with Gasteiger partial charge in [-0.2, -0.15) is 31.4 Å². The maximum absolute atomic E-state index is 13.5. The summed E-state index contributed by atoms with van der Waals surface area (Å²) < 4.78 is 95.1. The summed E-state index contributed by atoms with van der Waals surface area (Å²) in [4.78, 5) is 15.0. The van der Waals surface area contributed by atoms with E-state index in [9.17, 15) is 31.1 Å². The van der Waals surface area contributed by atoms with Gasteiger partial charge in [0.1, 0.15) is 5.82 Å². The Bertz CT molecular complexity index is 1440. The summed E-state index contributed by atoms with van der Waals surface area (Å²) >= 11 is 0. The van der Waals surface area contributed by atoms with Gasteiger partial charge in [0.2, 0.25) is 0 Å². The summed E-state index contributed by atoms with van der Waals surface area (Å²) in [5.74, 6) is 0.524. The molecule has 1 unspecified atom stereocenters. The molecular weight excluding hydrogens is 578 g/mol. The first-order chi connectivity index (χ1) is 20.3. The summed E-state index contributed by atoms with van der Waals surface area (Å²) in [6.45, 7) is 5.03. The maximum Gasteiger partial charge on any atom is 0.416 e. The lowest BCUT2D eigenvalue weighted by Gasteiger charge is -2.56. The third kappa shape index (κ3) is 6.12. The third-order valence-corrected chi connectivity index (χ3v) is 8.62. The number of ether oxygens (including phenoxy) is 2. The van der Waals surface area contributed by atoms with Crippen LogP contribution in [0.1, 0.15) is 73.7 Å². The van der Waals surface area contributed by atoms with E-state index in [-0.39, 0.29) is 30.5 Å². The fourth-order valence-electron chi connectivity index (χ4n) is 6.25. The molecule has 0 amide bonds. The Labute approximate surface area is 244 Å². The van der Waals surface area contributed by atoms with Crippen LogP contribution in [0.25, 0.3) is 0 Å². The summed E-state index contributed by atoms with van der Waals surface area (Å²) in [7, 11) is 0. The van der Waals surface area contributed by atoms with Crippen LogP contribution in [0.5, 0.6) is 0 Å². The number of nitrogens with one attached hydrogen (secondary N) is 1. The highest BCUT2D eigenvalue weighted by Gasteiger charge is 2.54. The molecular formula is C30H34F6N4O3. The van der Waals surface area contributed by atoms with E-state index in [1.165, 1.54) is 6.92 Å². The van der Waals surface area contributed by atoms with E-state index in [4.69, 9.17) is 9.47 Å². The second-order valence-corrected chi connectivity index (χ2v) is 11.5. The number of rotatable bonds is 10. The first-order valence-corrected chi connectivity index (χ1v) is 14.3. The van der Waals surface area contributed by atoms with Gasteiger partial charge >= 0.3 is 18.0 Å². The van der Waals surface area contributed by atoms with Crippen molar-refractivity contribution in [3.05, 3.63) is 87.1 Å². The summed E-state index contributed by atoms with van der Waals surface area (Å²) in [6, 6.07) is 11.0. The Kier molecular flexibility index (Phi) is 8.53. The smallest absolute Gasteiger partial charge is 0.379 e. The van der Waals surface area contributed by atoms with Crippen LogP contribution in [0.3, 0.4) is 0 Å². The van der Waals surface area contributed by atoms with Crippen LogP contribution < -0.4 is 5.69 Å². The molecule has 0 saturated carbocycles. The van der Waals surface area contributed by atoms with Gasteiger partial charge in [-0.05, 0) is 55.5 Å². The molecule has 2 bridgehead atoms. The van der Waals surface area contributed by atoms with Gasteiger partial charge in [0, 0.05) is 13.2 Å². The molecule has 4 atom stereocenters. The van der Waals surface area contributed by atoms with E-state index in [1.54, 1.807) is 4.57 Å². The van der Waals surface area contributed by atoms with Crippen LogP contribution in [0.15, 0.2) is 53.3 Å². The lowest BCUT2D eigenvalue weighted by atomic mass is 9.73. The number of halogens is 6. The topological polar surface area (TPSA) is 72.4 Å². The second-order valence-electron chi connectivity index (χ2n) is 11.5. The van der Waals surface area contributed by atoms with Crippen molar-refractivity contribution >= 4 is 0 Å². The zero-order valence-electron chi connectivity index (χ0n) is 23.9.